The number of halogens is 1. The van der Waals surface area contributed by atoms with Crippen LogP contribution in [0.5, 0.6) is 5.75 Å². The molecule has 0 unspecified atom stereocenters. The molecule has 2 rings (SSSR count). The van der Waals surface area contributed by atoms with Gasteiger partial charge in [-0.15, -0.1) is 0 Å². The minimum absolute atomic E-state index is 0.267. The van der Waals surface area contributed by atoms with Gasteiger partial charge in [0.1, 0.15) is 5.75 Å². The quantitative estimate of drug-likeness (QED) is 0.808. The standard InChI is InChI=1S/C14H14ClNO3/c1-4-19-14(17)11-7-16-13-8(2)5-9(18-3)6-10(13)12(11)15/h5-7H,4H2,1-3H3. The van der Waals surface area contributed by atoms with Crippen molar-refractivity contribution >= 4 is 28.5 Å². The highest BCUT2D eigenvalue weighted by Gasteiger charge is 2.16. The number of hydrogen-bond donors (Lipinski definition) is 0. The van der Waals surface area contributed by atoms with Gasteiger partial charge in [-0.25, -0.2) is 4.79 Å². The lowest BCUT2D eigenvalue weighted by Crippen LogP contribution is -2.06. The highest BCUT2D eigenvalue weighted by atomic mass is 35.5. The molecule has 0 radical (unpaired) electrons. The molecule has 1 aromatic carbocycles. The van der Waals surface area contributed by atoms with Crippen LogP contribution >= 0.6 is 11.6 Å². The van der Waals surface area contributed by atoms with E-state index >= 15 is 0 Å². The number of aromatic nitrogens is 1. The topological polar surface area (TPSA) is 48.4 Å². The molecule has 1 heterocycles. The van der Waals surface area contributed by atoms with Crippen LogP contribution in [0.1, 0.15) is 22.8 Å². The predicted octanol–water partition coefficient (Wildman–Crippen LogP) is 3.38. The molecular weight excluding hydrogens is 266 g/mol. The van der Waals surface area contributed by atoms with E-state index in [1.165, 1.54) is 6.20 Å². The van der Waals surface area contributed by atoms with Gasteiger partial charge in [-0.2, -0.15) is 0 Å². The lowest BCUT2D eigenvalue weighted by Gasteiger charge is -2.10. The maximum absolute atomic E-state index is 11.8. The second kappa shape index (κ2) is 5.45. The molecule has 19 heavy (non-hydrogen) atoms. The molecule has 0 fully saturated rings. The maximum Gasteiger partial charge on any atom is 0.341 e. The first-order valence-corrected chi connectivity index (χ1v) is 6.26. The monoisotopic (exact) mass is 279 g/mol. The third-order valence-electron chi connectivity index (χ3n) is 2.80. The molecule has 0 amide bonds. The van der Waals surface area contributed by atoms with Gasteiger partial charge in [0.2, 0.25) is 0 Å². The Hall–Kier alpha value is -1.81. The van der Waals surface area contributed by atoms with Crippen molar-refractivity contribution < 1.29 is 14.3 Å². The summed E-state index contributed by atoms with van der Waals surface area (Å²) in [6.45, 7) is 3.95. The molecule has 0 aliphatic rings. The van der Waals surface area contributed by atoms with E-state index in [1.54, 1.807) is 20.1 Å². The van der Waals surface area contributed by atoms with Crippen LogP contribution in [0.3, 0.4) is 0 Å². The van der Waals surface area contributed by atoms with Gasteiger partial charge in [-0.05, 0) is 31.5 Å². The fourth-order valence-corrected chi connectivity index (χ4v) is 2.15. The van der Waals surface area contributed by atoms with Crippen molar-refractivity contribution in [1.82, 2.24) is 4.98 Å². The summed E-state index contributed by atoms with van der Waals surface area (Å²) in [7, 11) is 1.58. The van der Waals surface area contributed by atoms with Crippen LogP contribution in [0.2, 0.25) is 5.02 Å². The maximum atomic E-state index is 11.8. The van der Waals surface area contributed by atoms with Gasteiger partial charge in [0, 0.05) is 11.6 Å². The van der Waals surface area contributed by atoms with Crippen LogP contribution < -0.4 is 4.74 Å². The molecule has 0 atom stereocenters. The number of aryl methyl sites for hydroxylation is 1. The fourth-order valence-electron chi connectivity index (χ4n) is 1.88. The molecule has 0 bridgehead atoms. The van der Waals surface area contributed by atoms with Crippen molar-refractivity contribution in [3.8, 4) is 5.75 Å². The Kier molecular flexibility index (Phi) is 3.90. The molecule has 5 heteroatoms. The van der Waals surface area contributed by atoms with Gasteiger partial charge in [0.05, 0.1) is 29.8 Å². The Morgan fingerprint density at radius 2 is 2.16 bits per heavy atom. The number of rotatable bonds is 3. The Labute approximate surface area is 116 Å². The van der Waals surface area contributed by atoms with Crippen molar-refractivity contribution in [1.29, 1.82) is 0 Å². The molecule has 0 N–H and O–H groups in total. The normalized spacial score (nSPS) is 10.5. The Morgan fingerprint density at radius 1 is 1.42 bits per heavy atom. The largest absolute Gasteiger partial charge is 0.497 e. The van der Waals surface area contributed by atoms with Crippen LogP contribution in [-0.2, 0) is 4.74 Å². The molecule has 2 aromatic rings. The molecule has 0 saturated carbocycles. The molecule has 0 aliphatic carbocycles. The zero-order valence-electron chi connectivity index (χ0n) is 11.0. The molecule has 0 spiro atoms. The number of carbonyl (C=O) groups is 1. The average molecular weight is 280 g/mol. The summed E-state index contributed by atoms with van der Waals surface area (Å²) in [6, 6.07) is 3.64. The third kappa shape index (κ3) is 2.49. The molecule has 100 valence electrons. The Morgan fingerprint density at radius 3 is 2.79 bits per heavy atom. The van der Waals surface area contributed by atoms with E-state index in [4.69, 9.17) is 21.1 Å². The SMILES string of the molecule is CCOC(=O)c1cnc2c(C)cc(OC)cc2c1Cl. The molecular formula is C14H14ClNO3. The van der Waals surface area contributed by atoms with Gasteiger partial charge in [-0.1, -0.05) is 11.6 Å². The van der Waals surface area contributed by atoms with E-state index in [1.807, 2.05) is 13.0 Å². The zero-order chi connectivity index (χ0) is 14.0. The van der Waals surface area contributed by atoms with E-state index < -0.39 is 5.97 Å². The number of fused-ring (bicyclic) bond motifs is 1. The first-order chi connectivity index (χ1) is 9.08. The third-order valence-corrected chi connectivity index (χ3v) is 3.21. The van der Waals surface area contributed by atoms with E-state index in [0.29, 0.717) is 22.8 Å². The van der Waals surface area contributed by atoms with Gasteiger partial charge >= 0.3 is 5.97 Å². The summed E-state index contributed by atoms with van der Waals surface area (Å²) in [4.78, 5) is 16.1. The second-order valence-corrected chi connectivity index (χ2v) is 4.42. The lowest BCUT2D eigenvalue weighted by molar-refractivity contribution is 0.0526. The summed E-state index contributed by atoms with van der Waals surface area (Å²) in [5, 5.41) is 1.02. The van der Waals surface area contributed by atoms with Crippen molar-refractivity contribution in [3.05, 3.63) is 34.5 Å². The van der Waals surface area contributed by atoms with Crippen molar-refractivity contribution in [3.63, 3.8) is 0 Å². The number of ether oxygens (including phenoxy) is 2. The Balaban J connectivity index is 2.66. The number of pyridine rings is 1. The number of hydrogen-bond acceptors (Lipinski definition) is 4. The highest BCUT2D eigenvalue weighted by Crippen LogP contribution is 2.31. The molecule has 0 aliphatic heterocycles. The van der Waals surface area contributed by atoms with Crippen LogP contribution in [0.4, 0.5) is 0 Å². The van der Waals surface area contributed by atoms with E-state index in [2.05, 4.69) is 4.98 Å². The van der Waals surface area contributed by atoms with Gasteiger partial charge in [0.15, 0.2) is 0 Å². The molecule has 4 nitrogen and oxygen atoms in total. The summed E-state index contributed by atoms with van der Waals surface area (Å²) in [5.41, 5.74) is 1.95. The number of nitrogens with zero attached hydrogens (tertiary/aromatic N) is 1. The van der Waals surface area contributed by atoms with Crippen LogP contribution in [0, 0.1) is 6.92 Å². The van der Waals surface area contributed by atoms with E-state index in [0.717, 1.165) is 11.1 Å². The van der Waals surface area contributed by atoms with Crippen molar-refractivity contribution in [2.24, 2.45) is 0 Å². The number of esters is 1. The van der Waals surface area contributed by atoms with Gasteiger partial charge in [0.25, 0.3) is 0 Å². The van der Waals surface area contributed by atoms with E-state index in [-0.39, 0.29) is 5.56 Å². The van der Waals surface area contributed by atoms with Gasteiger partial charge in [-0.3, -0.25) is 4.98 Å². The van der Waals surface area contributed by atoms with Crippen molar-refractivity contribution in [2.45, 2.75) is 13.8 Å². The Bertz CT molecular complexity index is 640. The zero-order valence-corrected chi connectivity index (χ0v) is 11.7. The minimum Gasteiger partial charge on any atom is -0.497 e. The van der Waals surface area contributed by atoms with E-state index in [9.17, 15) is 4.79 Å². The molecule has 0 saturated heterocycles. The van der Waals surface area contributed by atoms with Crippen LogP contribution in [0.15, 0.2) is 18.3 Å². The number of methoxy groups -OCH3 is 1. The summed E-state index contributed by atoms with van der Waals surface area (Å²) < 4.78 is 10.2. The summed E-state index contributed by atoms with van der Waals surface area (Å²) in [6.07, 6.45) is 1.45. The van der Waals surface area contributed by atoms with Crippen molar-refractivity contribution in [2.75, 3.05) is 13.7 Å². The summed E-state index contributed by atoms with van der Waals surface area (Å²) in [5.74, 6) is 0.206. The van der Waals surface area contributed by atoms with Crippen LogP contribution in [0.25, 0.3) is 10.9 Å². The predicted molar refractivity (Wildman–Crippen MR) is 74.0 cm³/mol. The number of benzene rings is 1. The highest BCUT2D eigenvalue weighted by molar-refractivity contribution is 6.38. The number of carbonyl (C=O) groups excluding carboxylic acids is 1. The average Bonchev–Trinajstić information content (AvgIpc) is 2.39. The molecule has 1 aromatic heterocycles. The minimum atomic E-state index is -0.470. The lowest BCUT2D eigenvalue weighted by atomic mass is 10.1. The smallest absolute Gasteiger partial charge is 0.341 e. The van der Waals surface area contributed by atoms with Gasteiger partial charge < -0.3 is 9.47 Å². The summed E-state index contributed by atoms with van der Waals surface area (Å²) >= 11 is 6.28. The second-order valence-electron chi connectivity index (χ2n) is 4.05. The fraction of sp³-hybridized carbons (Fsp3) is 0.286. The van der Waals surface area contributed by atoms with Crippen LogP contribution in [-0.4, -0.2) is 24.7 Å². The first kappa shape index (κ1) is 13.6. The first-order valence-electron chi connectivity index (χ1n) is 5.88.